The highest BCUT2D eigenvalue weighted by Gasteiger charge is 2.33. The fourth-order valence-electron chi connectivity index (χ4n) is 3.39. The van der Waals surface area contributed by atoms with E-state index in [1.54, 1.807) is 24.3 Å². The van der Waals surface area contributed by atoms with Gasteiger partial charge in [0.2, 0.25) is 0 Å². The van der Waals surface area contributed by atoms with Crippen LogP contribution in [0.1, 0.15) is 49.9 Å². The Kier molecular flexibility index (Phi) is 8.43. The van der Waals surface area contributed by atoms with E-state index in [2.05, 4.69) is 11.8 Å². The third kappa shape index (κ3) is 6.45. The smallest absolute Gasteiger partial charge is 0.387 e. The molecule has 1 aromatic carbocycles. The normalized spacial score (nSPS) is 15.4. The number of carbonyl (C=O) groups excluding carboxylic acids is 4. The monoisotopic (exact) mass is 486 g/mol. The van der Waals surface area contributed by atoms with Crippen LogP contribution in [0.4, 0.5) is 0 Å². The molecule has 0 bridgehead atoms. The lowest BCUT2D eigenvalue weighted by molar-refractivity contribution is -0.229. The molecule has 8 nitrogen and oxygen atoms in total. The Morgan fingerprint density at radius 2 is 1.88 bits per heavy atom. The lowest BCUT2D eigenvalue weighted by atomic mass is 10.0. The highest BCUT2D eigenvalue weighted by molar-refractivity contribution is 6.30. The molecule has 9 heteroatoms. The number of esters is 2. The summed E-state index contributed by atoms with van der Waals surface area (Å²) >= 11 is 5.85. The fraction of sp³-hybridized carbons (Fsp3) is 0.280. The first-order valence-corrected chi connectivity index (χ1v) is 11.1. The third-order valence-electron chi connectivity index (χ3n) is 4.95. The van der Waals surface area contributed by atoms with Crippen molar-refractivity contribution in [3.8, 4) is 0 Å². The van der Waals surface area contributed by atoms with Gasteiger partial charge in [-0.15, -0.1) is 0 Å². The van der Waals surface area contributed by atoms with Crippen molar-refractivity contribution in [1.29, 1.82) is 0 Å². The molecule has 1 aromatic rings. The molecule has 0 radical (unpaired) electrons. The number of rotatable bonds is 9. The van der Waals surface area contributed by atoms with E-state index < -0.39 is 30.0 Å². The summed E-state index contributed by atoms with van der Waals surface area (Å²) < 4.78 is 10.4. The average molecular weight is 487 g/mol. The predicted octanol–water partition coefficient (Wildman–Crippen LogP) is 4.70. The highest BCUT2D eigenvalue weighted by atomic mass is 35.5. The first-order chi connectivity index (χ1) is 16.3. The lowest BCUT2D eigenvalue weighted by Crippen LogP contribution is -2.14. The summed E-state index contributed by atoms with van der Waals surface area (Å²) in [6.45, 7) is 3.38. The van der Waals surface area contributed by atoms with Crippen molar-refractivity contribution in [3.63, 3.8) is 0 Å². The van der Waals surface area contributed by atoms with Gasteiger partial charge >= 0.3 is 23.9 Å². The van der Waals surface area contributed by atoms with Gasteiger partial charge in [0.1, 0.15) is 11.9 Å². The van der Waals surface area contributed by atoms with Crippen LogP contribution in [0.2, 0.25) is 5.02 Å². The van der Waals surface area contributed by atoms with E-state index in [9.17, 15) is 19.2 Å². The molecule has 0 amide bonds. The van der Waals surface area contributed by atoms with E-state index in [0.29, 0.717) is 22.6 Å². The maximum atomic E-state index is 12.7. The van der Waals surface area contributed by atoms with Crippen LogP contribution in [0.15, 0.2) is 71.0 Å². The molecule has 1 heterocycles. The molecule has 3 rings (SSSR count). The van der Waals surface area contributed by atoms with Gasteiger partial charge in [-0.1, -0.05) is 43.5 Å². The van der Waals surface area contributed by atoms with Gasteiger partial charge in [0, 0.05) is 29.2 Å². The lowest BCUT2D eigenvalue weighted by Gasteiger charge is -2.13. The van der Waals surface area contributed by atoms with Crippen molar-refractivity contribution in [2.45, 2.75) is 45.6 Å². The van der Waals surface area contributed by atoms with Crippen molar-refractivity contribution in [2.24, 2.45) is 0 Å². The van der Waals surface area contributed by atoms with Gasteiger partial charge in [-0.2, -0.15) is 0 Å². The van der Waals surface area contributed by atoms with Crippen LogP contribution < -0.4 is 0 Å². The van der Waals surface area contributed by atoms with E-state index in [4.69, 9.17) is 26.0 Å². The van der Waals surface area contributed by atoms with E-state index in [1.807, 2.05) is 0 Å². The number of hydrogen-bond donors (Lipinski definition) is 0. The summed E-state index contributed by atoms with van der Waals surface area (Å²) in [5.41, 5.74) is 0.810. The zero-order chi connectivity index (χ0) is 24.7. The molecular formula is C25H23ClO8. The fourth-order valence-corrected chi connectivity index (χ4v) is 3.58. The quantitative estimate of drug-likeness (QED) is 0.214. The molecule has 34 heavy (non-hydrogen) atoms. The van der Waals surface area contributed by atoms with Crippen molar-refractivity contribution in [3.05, 3.63) is 81.6 Å². The number of hydrogen-bond acceptors (Lipinski definition) is 8. The summed E-state index contributed by atoms with van der Waals surface area (Å²) in [6.07, 6.45) is 8.67. The van der Waals surface area contributed by atoms with Gasteiger partial charge in [0.25, 0.3) is 0 Å². The van der Waals surface area contributed by atoms with Crippen LogP contribution in [-0.2, 0) is 33.6 Å². The minimum Gasteiger partial charge on any atom is -0.458 e. The predicted molar refractivity (Wildman–Crippen MR) is 121 cm³/mol. The third-order valence-corrected chi connectivity index (χ3v) is 5.19. The number of unbranched alkanes of at least 4 members (excludes halogenated alkanes) is 2. The van der Waals surface area contributed by atoms with Crippen molar-refractivity contribution >= 4 is 35.5 Å². The van der Waals surface area contributed by atoms with E-state index in [-0.39, 0.29) is 16.9 Å². The highest BCUT2D eigenvalue weighted by Crippen LogP contribution is 2.37. The SMILES string of the molecule is CCCCCC(/C=C/C1=C(C(=O)OOC(=O)c2cccc(Cl)c2)C=C2OC(=O)C=C21)OC(C)=O. The number of benzene rings is 1. The minimum atomic E-state index is -0.969. The topological polar surface area (TPSA) is 105 Å². The maximum absolute atomic E-state index is 12.7. The first kappa shape index (κ1) is 25.0. The number of carbonyl (C=O) groups is 4. The Balaban J connectivity index is 1.79. The second-order valence-electron chi connectivity index (χ2n) is 7.57. The summed E-state index contributed by atoms with van der Waals surface area (Å²) in [4.78, 5) is 57.4. The molecule has 1 aliphatic carbocycles. The van der Waals surface area contributed by atoms with Crippen molar-refractivity contribution < 1.29 is 38.4 Å². The van der Waals surface area contributed by atoms with Gasteiger partial charge in [-0.25, -0.2) is 24.2 Å². The van der Waals surface area contributed by atoms with E-state index in [0.717, 1.165) is 19.3 Å². The first-order valence-electron chi connectivity index (χ1n) is 10.7. The van der Waals surface area contributed by atoms with E-state index in [1.165, 1.54) is 31.2 Å². The minimum absolute atomic E-state index is 0.0130. The van der Waals surface area contributed by atoms with Gasteiger partial charge < -0.3 is 9.47 Å². The van der Waals surface area contributed by atoms with Crippen molar-refractivity contribution in [2.75, 3.05) is 0 Å². The molecule has 1 aliphatic heterocycles. The molecule has 0 saturated heterocycles. The molecule has 0 saturated carbocycles. The number of allylic oxidation sites excluding steroid dienone is 2. The Hall–Kier alpha value is -3.65. The van der Waals surface area contributed by atoms with Crippen LogP contribution in [0.5, 0.6) is 0 Å². The standard InChI is InChI=1S/C25H23ClO8/c1-3-4-5-9-18(31-15(2)27)10-11-19-20-14-23(28)32-22(20)13-21(19)25(30)34-33-24(29)16-7-6-8-17(26)12-16/h6-8,10-14,18H,3-5,9H2,1-2H3/b11-10+. The number of halogens is 1. The van der Waals surface area contributed by atoms with Gasteiger partial charge in [0.15, 0.2) is 0 Å². The van der Waals surface area contributed by atoms with Crippen LogP contribution in [-0.4, -0.2) is 30.0 Å². The number of fused-ring (bicyclic) bond motifs is 1. The molecule has 0 spiro atoms. The summed E-state index contributed by atoms with van der Waals surface area (Å²) in [6, 6.07) is 5.95. The summed E-state index contributed by atoms with van der Waals surface area (Å²) in [5.74, 6) is -2.71. The molecule has 0 N–H and O–H groups in total. The van der Waals surface area contributed by atoms with E-state index >= 15 is 0 Å². The van der Waals surface area contributed by atoms with Crippen LogP contribution in [0.25, 0.3) is 0 Å². The molecule has 178 valence electrons. The van der Waals surface area contributed by atoms with Crippen LogP contribution in [0.3, 0.4) is 0 Å². The van der Waals surface area contributed by atoms with Gasteiger partial charge in [0.05, 0.1) is 11.1 Å². The zero-order valence-electron chi connectivity index (χ0n) is 18.7. The van der Waals surface area contributed by atoms with Crippen LogP contribution >= 0.6 is 11.6 Å². The molecule has 1 unspecified atom stereocenters. The van der Waals surface area contributed by atoms with Crippen molar-refractivity contribution in [1.82, 2.24) is 0 Å². The maximum Gasteiger partial charge on any atom is 0.387 e. The zero-order valence-corrected chi connectivity index (χ0v) is 19.4. The summed E-state index contributed by atoms with van der Waals surface area (Å²) in [5, 5.41) is 0.319. The number of ether oxygens (including phenoxy) is 2. The average Bonchev–Trinajstić information content (AvgIpc) is 3.31. The second-order valence-corrected chi connectivity index (χ2v) is 8.01. The molecule has 0 aromatic heterocycles. The van der Waals surface area contributed by atoms with Gasteiger partial charge in [-0.3, -0.25) is 4.79 Å². The molecule has 2 aliphatic rings. The Bertz CT molecular complexity index is 1130. The Morgan fingerprint density at radius 1 is 1.12 bits per heavy atom. The Morgan fingerprint density at radius 3 is 2.59 bits per heavy atom. The molecular weight excluding hydrogens is 464 g/mol. The largest absolute Gasteiger partial charge is 0.458 e. The van der Waals surface area contributed by atoms with Crippen LogP contribution in [0, 0.1) is 0 Å². The molecule has 0 fully saturated rings. The second kappa shape index (κ2) is 11.5. The summed E-state index contributed by atoms with van der Waals surface area (Å²) in [7, 11) is 0. The molecule has 1 atom stereocenters. The van der Waals surface area contributed by atoms with Gasteiger partial charge in [-0.05, 0) is 43.2 Å². The Labute approximate surface area is 201 Å².